The molecule has 0 saturated heterocycles. The van der Waals surface area contributed by atoms with Gasteiger partial charge in [-0.25, -0.2) is 0 Å². The van der Waals surface area contributed by atoms with Crippen molar-refractivity contribution in [1.29, 1.82) is 0 Å². The zero-order valence-corrected chi connectivity index (χ0v) is 5.37. The molecule has 1 N–H and O–H groups in total. The molecule has 2 nitrogen and oxygen atoms in total. The summed E-state index contributed by atoms with van der Waals surface area (Å²) in [5.41, 5.74) is 0. The van der Waals surface area contributed by atoms with Crippen LogP contribution in [0.15, 0.2) is 24.8 Å². The predicted octanol–water partition coefficient (Wildman–Crippen LogP) is 1.45. The molecule has 0 aliphatic heterocycles. The summed E-state index contributed by atoms with van der Waals surface area (Å²) in [5, 5.41) is 8.38. The summed E-state index contributed by atoms with van der Waals surface area (Å²) >= 11 is 0. The van der Waals surface area contributed by atoms with Crippen LogP contribution in [0.25, 0.3) is 0 Å². The number of rotatable bonds is 3. The first-order chi connectivity index (χ1) is 4.22. The molecule has 9 heavy (non-hydrogen) atoms. The van der Waals surface area contributed by atoms with Crippen LogP contribution in [0.2, 0.25) is 0 Å². The number of carboxylic acid groups (broad SMARTS) is 1. The van der Waals surface area contributed by atoms with Crippen molar-refractivity contribution in [1.82, 2.24) is 0 Å². The number of aliphatic carboxylic acids is 1. The molecule has 0 spiro atoms. The standard InChI is InChI=1S/C7H10O2/c1-3-5-6(4-2)7(8)9/h3-6H,2H2,1H3,(H,8,9). The van der Waals surface area contributed by atoms with E-state index < -0.39 is 11.9 Å². The molecule has 0 aromatic carbocycles. The van der Waals surface area contributed by atoms with E-state index in [9.17, 15) is 4.79 Å². The maximum absolute atomic E-state index is 10.2. The lowest BCUT2D eigenvalue weighted by atomic mass is 10.1. The Morgan fingerprint density at radius 1 is 1.78 bits per heavy atom. The van der Waals surface area contributed by atoms with Crippen LogP contribution < -0.4 is 0 Å². The largest absolute Gasteiger partial charge is 0.481 e. The average Bonchev–Trinajstić information content (AvgIpc) is 1.82. The van der Waals surface area contributed by atoms with Gasteiger partial charge in [0.1, 0.15) is 0 Å². The van der Waals surface area contributed by atoms with Crippen LogP contribution in [-0.2, 0) is 4.79 Å². The predicted molar refractivity (Wildman–Crippen MR) is 36.1 cm³/mol. The zero-order valence-electron chi connectivity index (χ0n) is 5.37. The molecule has 0 amide bonds. The van der Waals surface area contributed by atoms with Gasteiger partial charge in [-0.15, -0.1) is 6.58 Å². The Morgan fingerprint density at radius 3 is 2.44 bits per heavy atom. The smallest absolute Gasteiger partial charge is 0.314 e. The number of carboxylic acids is 1. The maximum atomic E-state index is 10.2. The van der Waals surface area contributed by atoms with Gasteiger partial charge in [0.05, 0.1) is 5.92 Å². The van der Waals surface area contributed by atoms with Crippen molar-refractivity contribution in [2.24, 2.45) is 5.92 Å². The highest BCUT2D eigenvalue weighted by Crippen LogP contribution is 1.98. The van der Waals surface area contributed by atoms with Gasteiger partial charge in [0.25, 0.3) is 0 Å². The van der Waals surface area contributed by atoms with E-state index in [-0.39, 0.29) is 0 Å². The van der Waals surface area contributed by atoms with E-state index in [1.807, 2.05) is 0 Å². The van der Waals surface area contributed by atoms with Gasteiger partial charge in [-0.1, -0.05) is 18.2 Å². The van der Waals surface area contributed by atoms with Crippen LogP contribution in [0.5, 0.6) is 0 Å². The third kappa shape index (κ3) is 2.69. The minimum Gasteiger partial charge on any atom is -0.481 e. The number of allylic oxidation sites excluding steroid dienone is 1. The van der Waals surface area contributed by atoms with Crippen LogP contribution in [0.4, 0.5) is 0 Å². The molecule has 0 aliphatic carbocycles. The molecule has 0 rings (SSSR count). The minimum atomic E-state index is -0.858. The second kappa shape index (κ2) is 3.89. The summed E-state index contributed by atoms with van der Waals surface area (Å²) < 4.78 is 0. The molecule has 50 valence electrons. The number of hydrogen-bond acceptors (Lipinski definition) is 1. The van der Waals surface area contributed by atoms with E-state index in [2.05, 4.69) is 6.58 Å². The summed E-state index contributed by atoms with van der Waals surface area (Å²) in [7, 11) is 0. The van der Waals surface area contributed by atoms with E-state index in [1.54, 1.807) is 19.1 Å². The lowest BCUT2D eigenvalue weighted by molar-refractivity contribution is -0.138. The third-order valence-corrected chi connectivity index (χ3v) is 0.939. The SMILES string of the molecule is C=CC(C=CC)C(=O)O. The normalized spacial score (nSPS) is 13.4. The van der Waals surface area contributed by atoms with E-state index in [0.717, 1.165) is 0 Å². The van der Waals surface area contributed by atoms with Crippen LogP contribution >= 0.6 is 0 Å². The Morgan fingerprint density at radius 2 is 2.33 bits per heavy atom. The topological polar surface area (TPSA) is 37.3 Å². The first-order valence-electron chi connectivity index (χ1n) is 2.70. The Hall–Kier alpha value is -1.05. The highest BCUT2D eigenvalue weighted by atomic mass is 16.4. The third-order valence-electron chi connectivity index (χ3n) is 0.939. The minimum absolute atomic E-state index is 0.532. The van der Waals surface area contributed by atoms with Crippen molar-refractivity contribution in [3.8, 4) is 0 Å². The molecule has 0 aromatic rings. The molecule has 1 atom stereocenters. The second-order valence-corrected chi connectivity index (χ2v) is 1.63. The van der Waals surface area contributed by atoms with Crippen LogP contribution in [0.1, 0.15) is 6.92 Å². The van der Waals surface area contributed by atoms with E-state index in [1.165, 1.54) is 6.08 Å². The summed E-state index contributed by atoms with van der Waals surface area (Å²) in [6.07, 6.45) is 4.66. The van der Waals surface area contributed by atoms with Gasteiger partial charge >= 0.3 is 5.97 Å². The monoisotopic (exact) mass is 126 g/mol. The Kier molecular flexibility index (Phi) is 3.44. The quantitative estimate of drug-likeness (QED) is 0.581. The summed E-state index contributed by atoms with van der Waals surface area (Å²) in [6, 6.07) is 0. The fourth-order valence-corrected chi connectivity index (χ4v) is 0.469. The van der Waals surface area contributed by atoms with Crippen molar-refractivity contribution in [3.05, 3.63) is 24.8 Å². The molecule has 0 radical (unpaired) electrons. The second-order valence-electron chi connectivity index (χ2n) is 1.63. The van der Waals surface area contributed by atoms with Crippen LogP contribution in [0, 0.1) is 5.92 Å². The highest BCUT2D eigenvalue weighted by Gasteiger charge is 2.06. The Bertz CT molecular complexity index is 136. The van der Waals surface area contributed by atoms with Gasteiger partial charge in [0, 0.05) is 0 Å². The summed E-state index contributed by atoms with van der Waals surface area (Å²) in [6.45, 7) is 5.15. The van der Waals surface area contributed by atoms with Crippen molar-refractivity contribution >= 4 is 5.97 Å². The fourth-order valence-electron chi connectivity index (χ4n) is 0.469. The molecule has 0 aromatic heterocycles. The molecular formula is C7H10O2. The van der Waals surface area contributed by atoms with Crippen molar-refractivity contribution in [3.63, 3.8) is 0 Å². The molecule has 0 aliphatic rings. The highest BCUT2D eigenvalue weighted by molar-refractivity contribution is 5.74. The maximum Gasteiger partial charge on any atom is 0.314 e. The van der Waals surface area contributed by atoms with E-state index in [0.29, 0.717) is 0 Å². The molecule has 0 fully saturated rings. The first kappa shape index (κ1) is 7.95. The van der Waals surface area contributed by atoms with Crippen molar-refractivity contribution in [2.45, 2.75) is 6.92 Å². The van der Waals surface area contributed by atoms with Crippen LogP contribution in [-0.4, -0.2) is 11.1 Å². The fraction of sp³-hybridized carbons (Fsp3) is 0.286. The molecule has 2 heteroatoms. The van der Waals surface area contributed by atoms with Gasteiger partial charge in [-0.3, -0.25) is 4.79 Å². The Labute approximate surface area is 54.5 Å². The molecule has 0 bridgehead atoms. The molecule has 1 unspecified atom stereocenters. The first-order valence-corrected chi connectivity index (χ1v) is 2.70. The van der Waals surface area contributed by atoms with E-state index in [4.69, 9.17) is 5.11 Å². The molecule has 0 heterocycles. The van der Waals surface area contributed by atoms with Gasteiger partial charge < -0.3 is 5.11 Å². The van der Waals surface area contributed by atoms with Crippen LogP contribution in [0.3, 0.4) is 0 Å². The summed E-state index contributed by atoms with van der Waals surface area (Å²) in [5.74, 6) is -1.39. The number of hydrogen-bond donors (Lipinski definition) is 1. The molecule has 0 saturated carbocycles. The number of carbonyl (C=O) groups is 1. The van der Waals surface area contributed by atoms with Gasteiger partial charge in [0.2, 0.25) is 0 Å². The zero-order chi connectivity index (χ0) is 7.28. The van der Waals surface area contributed by atoms with Gasteiger partial charge in [0.15, 0.2) is 0 Å². The lowest BCUT2D eigenvalue weighted by Crippen LogP contribution is -2.06. The van der Waals surface area contributed by atoms with Crippen molar-refractivity contribution in [2.75, 3.05) is 0 Å². The molecular weight excluding hydrogens is 116 g/mol. The summed E-state index contributed by atoms with van der Waals surface area (Å²) in [4.78, 5) is 10.2. The van der Waals surface area contributed by atoms with Crippen molar-refractivity contribution < 1.29 is 9.90 Å². The lowest BCUT2D eigenvalue weighted by Gasteiger charge is -1.96. The average molecular weight is 126 g/mol. The van der Waals surface area contributed by atoms with Gasteiger partial charge in [-0.05, 0) is 6.92 Å². The Balaban J connectivity index is 3.98. The van der Waals surface area contributed by atoms with E-state index >= 15 is 0 Å². The van der Waals surface area contributed by atoms with Gasteiger partial charge in [-0.2, -0.15) is 0 Å².